The van der Waals surface area contributed by atoms with Gasteiger partial charge in [-0.15, -0.1) is 0 Å². The fraction of sp³-hybridized carbons (Fsp3) is 0.385. The number of nitriles is 1. The second kappa shape index (κ2) is 6.39. The second-order valence-corrected chi connectivity index (χ2v) is 6.54. The van der Waals surface area contributed by atoms with E-state index < -0.39 is 21.2 Å². The highest BCUT2D eigenvalue weighted by Crippen LogP contribution is 2.21. The van der Waals surface area contributed by atoms with Crippen molar-refractivity contribution in [2.45, 2.75) is 31.4 Å². The standard InChI is InChI=1S/C13H16N2O4S/c1-9(7-13(16)17)11-3-5-12(6-4-11)15-20(18,19)10(2)8-14/h3-6,9-10,15H,7H2,1-2H3,(H,16,17). The fourth-order valence-corrected chi connectivity index (χ4v) is 2.36. The number of carboxylic acid groups (broad SMARTS) is 1. The lowest BCUT2D eigenvalue weighted by Crippen LogP contribution is -2.23. The smallest absolute Gasteiger partial charge is 0.303 e. The van der Waals surface area contributed by atoms with Crippen molar-refractivity contribution in [1.29, 1.82) is 5.26 Å². The molecule has 7 heteroatoms. The zero-order valence-electron chi connectivity index (χ0n) is 11.2. The number of anilines is 1. The summed E-state index contributed by atoms with van der Waals surface area (Å²) < 4.78 is 25.7. The van der Waals surface area contributed by atoms with E-state index in [1.807, 2.05) is 0 Å². The number of carboxylic acids is 1. The monoisotopic (exact) mass is 296 g/mol. The largest absolute Gasteiger partial charge is 0.481 e. The number of nitrogens with one attached hydrogen (secondary N) is 1. The molecule has 108 valence electrons. The molecule has 0 amide bonds. The van der Waals surface area contributed by atoms with Crippen molar-refractivity contribution in [3.63, 3.8) is 0 Å². The zero-order valence-corrected chi connectivity index (χ0v) is 12.0. The van der Waals surface area contributed by atoms with Crippen LogP contribution in [0, 0.1) is 11.3 Å². The molecule has 0 spiro atoms. The average Bonchev–Trinajstić information content (AvgIpc) is 2.37. The molecule has 20 heavy (non-hydrogen) atoms. The summed E-state index contributed by atoms with van der Waals surface area (Å²) in [6, 6.07) is 8.10. The van der Waals surface area contributed by atoms with Gasteiger partial charge in [-0.05, 0) is 30.5 Å². The van der Waals surface area contributed by atoms with Crippen LogP contribution in [0.1, 0.15) is 31.7 Å². The molecular formula is C13H16N2O4S. The first kappa shape index (κ1) is 16.0. The van der Waals surface area contributed by atoms with Crippen LogP contribution in [0.2, 0.25) is 0 Å². The lowest BCUT2D eigenvalue weighted by Gasteiger charge is -2.12. The quantitative estimate of drug-likeness (QED) is 0.833. The molecule has 0 aliphatic carbocycles. The molecule has 0 heterocycles. The van der Waals surface area contributed by atoms with E-state index in [0.29, 0.717) is 5.69 Å². The lowest BCUT2D eigenvalue weighted by atomic mass is 9.98. The van der Waals surface area contributed by atoms with Gasteiger partial charge in [0.1, 0.15) is 0 Å². The van der Waals surface area contributed by atoms with Gasteiger partial charge in [0.25, 0.3) is 0 Å². The molecule has 1 aromatic rings. The summed E-state index contributed by atoms with van der Waals surface area (Å²) in [5, 5.41) is 16.2. The molecule has 0 aromatic heterocycles. The molecule has 0 aliphatic rings. The molecule has 1 rings (SSSR count). The molecule has 0 aliphatic heterocycles. The van der Waals surface area contributed by atoms with Crippen molar-refractivity contribution in [2.75, 3.05) is 4.72 Å². The normalized spacial score (nSPS) is 14.1. The summed E-state index contributed by atoms with van der Waals surface area (Å²) >= 11 is 0. The first-order valence-electron chi connectivity index (χ1n) is 5.99. The molecule has 0 bridgehead atoms. The Kier molecular flexibility index (Phi) is 5.11. The van der Waals surface area contributed by atoms with E-state index in [1.54, 1.807) is 37.3 Å². The fourth-order valence-electron chi connectivity index (χ4n) is 1.58. The summed E-state index contributed by atoms with van der Waals surface area (Å²) in [5.41, 5.74) is 1.15. The van der Waals surface area contributed by atoms with Crippen LogP contribution >= 0.6 is 0 Å². The highest BCUT2D eigenvalue weighted by Gasteiger charge is 2.20. The molecule has 1 aromatic carbocycles. The van der Waals surface area contributed by atoms with Crippen molar-refractivity contribution in [2.24, 2.45) is 0 Å². The molecule has 0 radical (unpaired) electrons. The summed E-state index contributed by atoms with van der Waals surface area (Å²) in [5.74, 6) is -1.04. The number of rotatable bonds is 6. The van der Waals surface area contributed by atoms with Gasteiger partial charge in [-0.25, -0.2) is 8.42 Å². The van der Waals surface area contributed by atoms with Crippen LogP contribution in [0.25, 0.3) is 0 Å². The number of nitrogens with zero attached hydrogens (tertiary/aromatic N) is 1. The Morgan fingerprint density at radius 1 is 1.35 bits per heavy atom. The SMILES string of the molecule is CC(CC(=O)O)c1ccc(NS(=O)(=O)C(C)C#N)cc1. The third-order valence-corrected chi connectivity index (χ3v) is 4.42. The van der Waals surface area contributed by atoms with E-state index in [2.05, 4.69) is 4.72 Å². The van der Waals surface area contributed by atoms with Crippen LogP contribution < -0.4 is 4.72 Å². The minimum Gasteiger partial charge on any atom is -0.481 e. The molecule has 2 atom stereocenters. The van der Waals surface area contributed by atoms with Gasteiger partial charge in [0.05, 0.1) is 12.5 Å². The second-order valence-electron chi connectivity index (χ2n) is 4.54. The first-order valence-corrected chi connectivity index (χ1v) is 7.54. The van der Waals surface area contributed by atoms with E-state index in [1.165, 1.54) is 6.92 Å². The predicted octanol–water partition coefficient (Wildman–Crippen LogP) is 1.92. The lowest BCUT2D eigenvalue weighted by molar-refractivity contribution is -0.137. The van der Waals surface area contributed by atoms with E-state index in [-0.39, 0.29) is 12.3 Å². The van der Waals surface area contributed by atoms with Gasteiger partial charge in [-0.1, -0.05) is 19.1 Å². The third-order valence-electron chi connectivity index (χ3n) is 2.87. The van der Waals surface area contributed by atoms with Crippen LogP contribution in [0.4, 0.5) is 5.69 Å². The van der Waals surface area contributed by atoms with Crippen LogP contribution in [0.5, 0.6) is 0 Å². The number of sulfonamides is 1. The van der Waals surface area contributed by atoms with Crippen LogP contribution in [-0.4, -0.2) is 24.7 Å². The van der Waals surface area contributed by atoms with Gasteiger partial charge >= 0.3 is 5.97 Å². The maximum atomic E-state index is 11.7. The maximum Gasteiger partial charge on any atom is 0.303 e. The van der Waals surface area contributed by atoms with Gasteiger partial charge in [-0.3, -0.25) is 9.52 Å². The van der Waals surface area contributed by atoms with E-state index >= 15 is 0 Å². The van der Waals surface area contributed by atoms with Crippen molar-refractivity contribution >= 4 is 21.7 Å². The Morgan fingerprint density at radius 2 is 1.90 bits per heavy atom. The number of aliphatic carboxylic acids is 1. The molecule has 0 saturated carbocycles. The van der Waals surface area contributed by atoms with E-state index in [4.69, 9.17) is 10.4 Å². The highest BCUT2D eigenvalue weighted by molar-refractivity contribution is 7.93. The van der Waals surface area contributed by atoms with Crippen LogP contribution in [0.3, 0.4) is 0 Å². The topological polar surface area (TPSA) is 107 Å². The summed E-state index contributed by atoms with van der Waals surface area (Å²) in [6.07, 6.45) is 0.0105. The first-order chi connectivity index (χ1) is 9.26. The summed E-state index contributed by atoms with van der Waals surface area (Å²) in [4.78, 5) is 10.6. The number of hydrogen-bond acceptors (Lipinski definition) is 4. The van der Waals surface area contributed by atoms with E-state index in [0.717, 1.165) is 5.56 Å². The minimum absolute atomic E-state index is 0.0105. The maximum absolute atomic E-state index is 11.7. The van der Waals surface area contributed by atoms with Crippen LogP contribution in [0.15, 0.2) is 24.3 Å². The molecule has 2 N–H and O–H groups in total. The third kappa shape index (κ3) is 4.24. The van der Waals surface area contributed by atoms with E-state index in [9.17, 15) is 13.2 Å². The minimum atomic E-state index is -3.72. The Balaban J connectivity index is 2.83. The Hall–Kier alpha value is -2.07. The van der Waals surface area contributed by atoms with Gasteiger partial charge in [-0.2, -0.15) is 5.26 Å². The van der Waals surface area contributed by atoms with Crippen molar-refractivity contribution in [1.82, 2.24) is 0 Å². The van der Waals surface area contributed by atoms with Crippen LogP contribution in [-0.2, 0) is 14.8 Å². The van der Waals surface area contributed by atoms with Gasteiger partial charge in [0.15, 0.2) is 5.25 Å². The molecule has 0 fully saturated rings. The van der Waals surface area contributed by atoms with Gasteiger partial charge in [0.2, 0.25) is 10.0 Å². The highest BCUT2D eigenvalue weighted by atomic mass is 32.2. The Labute approximate surface area is 118 Å². The summed E-state index contributed by atoms with van der Waals surface area (Å²) in [7, 11) is -3.72. The molecular weight excluding hydrogens is 280 g/mol. The van der Waals surface area contributed by atoms with Crippen molar-refractivity contribution in [3.05, 3.63) is 29.8 Å². The average molecular weight is 296 g/mol. The Morgan fingerprint density at radius 3 is 2.35 bits per heavy atom. The number of benzene rings is 1. The molecule has 0 saturated heterocycles. The zero-order chi connectivity index (χ0) is 15.3. The van der Waals surface area contributed by atoms with Gasteiger partial charge in [0, 0.05) is 5.69 Å². The summed E-state index contributed by atoms with van der Waals surface area (Å²) in [6.45, 7) is 3.08. The Bertz CT molecular complexity index is 617. The van der Waals surface area contributed by atoms with Crippen molar-refractivity contribution in [3.8, 4) is 6.07 Å². The van der Waals surface area contributed by atoms with Gasteiger partial charge < -0.3 is 5.11 Å². The van der Waals surface area contributed by atoms with Crippen molar-refractivity contribution < 1.29 is 18.3 Å². The molecule has 6 nitrogen and oxygen atoms in total. The number of hydrogen-bond donors (Lipinski definition) is 2. The molecule has 2 unspecified atom stereocenters. The number of carbonyl (C=O) groups is 1. The predicted molar refractivity (Wildman–Crippen MR) is 74.7 cm³/mol.